The first-order valence-corrected chi connectivity index (χ1v) is 11.7. The van der Waals surface area contributed by atoms with Gasteiger partial charge in [0.25, 0.3) is 5.91 Å². The van der Waals surface area contributed by atoms with Gasteiger partial charge in [-0.25, -0.2) is 18.1 Å². The van der Waals surface area contributed by atoms with Gasteiger partial charge in [-0.05, 0) is 49.2 Å². The molecular weight excluding hydrogens is 428 g/mol. The van der Waals surface area contributed by atoms with Gasteiger partial charge >= 0.3 is 0 Å². The van der Waals surface area contributed by atoms with E-state index in [1.807, 2.05) is 30.1 Å². The Labute approximate surface area is 186 Å². The van der Waals surface area contributed by atoms with E-state index in [1.54, 1.807) is 43.6 Å². The Morgan fingerprint density at radius 1 is 0.969 bits per heavy atom. The maximum Gasteiger partial charge on any atom is 0.260 e. The van der Waals surface area contributed by atoms with Crippen molar-refractivity contribution in [3.05, 3.63) is 60.3 Å². The van der Waals surface area contributed by atoms with Crippen LogP contribution < -0.4 is 19.8 Å². The highest BCUT2D eigenvalue weighted by atomic mass is 32.2. The first-order valence-electron chi connectivity index (χ1n) is 10.2. The molecule has 1 aliphatic heterocycles. The predicted molar refractivity (Wildman–Crippen MR) is 122 cm³/mol. The minimum absolute atomic E-state index is 0.0536. The van der Waals surface area contributed by atoms with Crippen LogP contribution in [-0.4, -0.2) is 44.4 Å². The lowest BCUT2D eigenvalue weighted by molar-refractivity contribution is 0.0994. The molecular formula is C22H22N6O3S. The number of sulfonamides is 1. The first-order chi connectivity index (χ1) is 15.3. The lowest BCUT2D eigenvalue weighted by Crippen LogP contribution is -2.25. The summed E-state index contributed by atoms with van der Waals surface area (Å²) in [6.45, 7) is 0. The topological polar surface area (TPSA) is 108 Å². The van der Waals surface area contributed by atoms with Crippen molar-refractivity contribution in [1.29, 1.82) is 0 Å². The second-order valence-electron chi connectivity index (χ2n) is 7.89. The van der Waals surface area contributed by atoms with Gasteiger partial charge in [0.05, 0.1) is 22.3 Å². The van der Waals surface area contributed by atoms with E-state index in [-0.39, 0.29) is 16.8 Å². The molecule has 5 rings (SSSR count). The maximum absolute atomic E-state index is 12.9. The van der Waals surface area contributed by atoms with Crippen LogP contribution in [0.1, 0.15) is 23.2 Å². The van der Waals surface area contributed by atoms with Crippen molar-refractivity contribution < 1.29 is 13.2 Å². The van der Waals surface area contributed by atoms with Crippen molar-refractivity contribution in [3.8, 4) is 0 Å². The number of benzene rings is 2. The third kappa shape index (κ3) is 3.67. The third-order valence-corrected chi connectivity index (χ3v) is 7.09. The summed E-state index contributed by atoms with van der Waals surface area (Å²) in [6, 6.07) is 13.9. The largest absolute Gasteiger partial charge is 0.327 e. The molecule has 32 heavy (non-hydrogen) atoms. The van der Waals surface area contributed by atoms with Gasteiger partial charge in [0.2, 0.25) is 16.0 Å². The molecule has 0 atom stereocenters. The molecule has 3 aromatic rings. The molecule has 2 N–H and O–H groups in total. The Bertz CT molecular complexity index is 1310. The van der Waals surface area contributed by atoms with Gasteiger partial charge < -0.3 is 15.1 Å². The lowest BCUT2D eigenvalue weighted by atomic mass is 10.1. The number of para-hydroxylation sites is 1. The number of carbonyl (C=O) groups excluding carboxylic acids is 1. The van der Waals surface area contributed by atoms with E-state index in [0.29, 0.717) is 28.7 Å². The number of anilines is 5. The Morgan fingerprint density at radius 3 is 2.41 bits per heavy atom. The highest BCUT2D eigenvalue weighted by Gasteiger charge is 2.29. The normalized spacial score (nSPS) is 15.8. The van der Waals surface area contributed by atoms with E-state index in [4.69, 9.17) is 0 Å². The third-order valence-electron chi connectivity index (χ3n) is 5.55. The summed E-state index contributed by atoms with van der Waals surface area (Å²) < 4.78 is 27.4. The van der Waals surface area contributed by atoms with E-state index in [9.17, 15) is 13.2 Å². The Kier molecular flexibility index (Phi) is 4.83. The number of nitrogens with zero attached hydrogens (tertiary/aromatic N) is 4. The summed E-state index contributed by atoms with van der Waals surface area (Å²) in [7, 11) is 0.0484. The van der Waals surface area contributed by atoms with Crippen LogP contribution in [0.5, 0.6) is 0 Å². The summed E-state index contributed by atoms with van der Waals surface area (Å²) in [5.41, 5.74) is 2.58. The van der Waals surface area contributed by atoms with Gasteiger partial charge in [-0.15, -0.1) is 0 Å². The van der Waals surface area contributed by atoms with E-state index in [2.05, 4.69) is 20.0 Å². The van der Waals surface area contributed by atoms with Crippen LogP contribution in [0.15, 0.2) is 59.6 Å². The summed E-state index contributed by atoms with van der Waals surface area (Å²) in [5.74, 6) is 0.783. The second kappa shape index (κ2) is 7.57. The SMILES string of the molecule is CN1C(=O)c2ccccc2N(C)c2nc(Nc3ccc(S(=O)(=O)NC4CC4)cc3)ncc21. The molecule has 1 fully saturated rings. The zero-order valence-electron chi connectivity index (χ0n) is 17.6. The fourth-order valence-electron chi connectivity index (χ4n) is 3.60. The molecule has 10 heteroatoms. The van der Waals surface area contributed by atoms with Gasteiger partial charge in [0.1, 0.15) is 5.69 Å². The molecule has 0 saturated heterocycles. The maximum atomic E-state index is 12.9. The van der Waals surface area contributed by atoms with Crippen LogP contribution in [0.2, 0.25) is 0 Å². The predicted octanol–water partition coefficient (Wildman–Crippen LogP) is 3.02. The zero-order chi connectivity index (χ0) is 22.5. The van der Waals surface area contributed by atoms with Gasteiger partial charge in [0.15, 0.2) is 5.82 Å². The molecule has 2 aromatic carbocycles. The van der Waals surface area contributed by atoms with E-state index in [1.165, 1.54) is 4.90 Å². The summed E-state index contributed by atoms with van der Waals surface area (Å²) in [5, 5.41) is 3.11. The van der Waals surface area contributed by atoms with Crippen molar-refractivity contribution in [2.45, 2.75) is 23.8 Å². The monoisotopic (exact) mass is 450 g/mol. The molecule has 2 heterocycles. The number of aromatic nitrogens is 2. The average Bonchev–Trinajstić information content (AvgIpc) is 3.61. The van der Waals surface area contributed by atoms with E-state index in [0.717, 1.165) is 18.5 Å². The molecule has 1 amide bonds. The Morgan fingerprint density at radius 2 is 1.69 bits per heavy atom. The fraction of sp³-hybridized carbons (Fsp3) is 0.227. The Balaban J connectivity index is 1.43. The quantitative estimate of drug-likeness (QED) is 0.615. The number of rotatable bonds is 5. The molecule has 1 aliphatic carbocycles. The molecule has 1 saturated carbocycles. The number of hydrogen-bond acceptors (Lipinski definition) is 7. The van der Waals surface area contributed by atoms with Crippen LogP contribution >= 0.6 is 0 Å². The minimum atomic E-state index is -3.50. The summed E-state index contributed by atoms with van der Waals surface area (Å²) >= 11 is 0. The van der Waals surface area contributed by atoms with E-state index < -0.39 is 10.0 Å². The molecule has 0 radical (unpaired) electrons. The van der Waals surface area contributed by atoms with Crippen LogP contribution in [0.3, 0.4) is 0 Å². The average molecular weight is 451 g/mol. The smallest absolute Gasteiger partial charge is 0.260 e. The highest BCUT2D eigenvalue weighted by Crippen LogP contribution is 2.38. The Hall–Kier alpha value is -3.50. The standard InChI is InChI=1S/C22H22N6O3S/c1-27-18-6-4-3-5-17(18)21(29)28(2)19-13-23-22(25-20(19)27)24-14-9-11-16(12-10-14)32(30,31)26-15-7-8-15/h3-6,9-13,15,26H,7-8H2,1-2H3,(H,23,24,25). The molecule has 164 valence electrons. The molecule has 2 aliphatic rings. The van der Waals surface area contributed by atoms with Crippen molar-refractivity contribution in [2.75, 3.05) is 29.2 Å². The van der Waals surface area contributed by atoms with Crippen LogP contribution in [0.25, 0.3) is 0 Å². The van der Waals surface area contributed by atoms with Gasteiger partial charge in [0, 0.05) is 25.8 Å². The van der Waals surface area contributed by atoms with Crippen LogP contribution in [-0.2, 0) is 10.0 Å². The minimum Gasteiger partial charge on any atom is -0.327 e. The molecule has 1 aromatic heterocycles. The molecule has 0 spiro atoms. The van der Waals surface area contributed by atoms with Crippen molar-refractivity contribution >= 4 is 44.8 Å². The second-order valence-corrected chi connectivity index (χ2v) is 9.60. The van der Waals surface area contributed by atoms with Crippen molar-refractivity contribution in [3.63, 3.8) is 0 Å². The lowest BCUT2D eigenvalue weighted by Gasteiger charge is -2.21. The van der Waals surface area contributed by atoms with Gasteiger partial charge in [-0.2, -0.15) is 4.98 Å². The van der Waals surface area contributed by atoms with Crippen molar-refractivity contribution in [2.24, 2.45) is 0 Å². The van der Waals surface area contributed by atoms with Crippen LogP contribution in [0.4, 0.5) is 28.8 Å². The van der Waals surface area contributed by atoms with Crippen LogP contribution in [0, 0.1) is 0 Å². The number of hydrogen-bond donors (Lipinski definition) is 2. The summed E-state index contributed by atoms with van der Waals surface area (Å²) in [4.78, 5) is 25.5. The highest BCUT2D eigenvalue weighted by molar-refractivity contribution is 7.89. The molecule has 0 bridgehead atoms. The summed E-state index contributed by atoms with van der Waals surface area (Å²) in [6.07, 6.45) is 3.37. The van der Waals surface area contributed by atoms with Gasteiger partial charge in [-0.1, -0.05) is 12.1 Å². The zero-order valence-corrected chi connectivity index (χ0v) is 18.4. The fourth-order valence-corrected chi connectivity index (χ4v) is 4.90. The first kappa shape index (κ1) is 20.4. The number of carbonyl (C=O) groups is 1. The van der Waals surface area contributed by atoms with Crippen molar-refractivity contribution in [1.82, 2.24) is 14.7 Å². The molecule has 9 nitrogen and oxygen atoms in total. The number of fused-ring (bicyclic) bond motifs is 2. The number of amides is 1. The van der Waals surface area contributed by atoms with Gasteiger partial charge in [-0.3, -0.25) is 4.79 Å². The molecule has 0 unspecified atom stereocenters. The number of nitrogens with one attached hydrogen (secondary N) is 2. The van der Waals surface area contributed by atoms with E-state index >= 15 is 0 Å².